The zero-order valence-electron chi connectivity index (χ0n) is 15.4. The van der Waals surface area contributed by atoms with E-state index in [-0.39, 0.29) is 11.3 Å². The summed E-state index contributed by atoms with van der Waals surface area (Å²) < 4.78 is 16.7. The fourth-order valence-corrected chi connectivity index (χ4v) is 2.52. The van der Waals surface area contributed by atoms with Crippen molar-refractivity contribution in [3.63, 3.8) is 0 Å². The minimum absolute atomic E-state index is 0.130. The van der Waals surface area contributed by atoms with Crippen LogP contribution in [0.3, 0.4) is 0 Å². The van der Waals surface area contributed by atoms with Gasteiger partial charge in [0, 0.05) is 17.7 Å². The molecule has 3 aromatic rings. The number of anilines is 1. The highest BCUT2D eigenvalue weighted by molar-refractivity contribution is 6.08. The van der Waals surface area contributed by atoms with Crippen molar-refractivity contribution < 1.29 is 23.8 Å². The van der Waals surface area contributed by atoms with Crippen LogP contribution >= 0.6 is 0 Å². The summed E-state index contributed by atoms with van der Waals surface area (Å²) in [5, 5.41) is 13.6. The number of hydrogen-bond acceptors (Lipinski definition) is 8. The van der Waals surface area contributed by atoms with E-state index in [1.54, 1.807) is 24.3 Å². The largest absolute Gasteiger partial charge is 0.493 e. The van der Waals surface area contributed by atoms with Gasteiger partial charge in [-0.1, -0.05) is 6.07 Å². The van der Waals surface area contributed by atoms with Crippen LogP contribution in [0.4, 0.5) is 5.69 Å². The topological polar surface area (TPSA) is 117 Å². The molecule has 0 saturated carbocycles. The lowest BCUT2D eigenvalue weighted by atomic mass is 10.1. The Morgan fingerprint density at radius 2 is 1.79 bits per heavy atom. The van der Waals surface area contributed by atoms with Crippen LogP contribution in [0, 0.1) is 0 Å². The molecule has 10 heteroatoms. The van der Waals surface area contributed by atoms with Crippen molar-refractivity contribution in [1.29, 1.82) is 0 Å². The molecule has 0 radical (unpaired) electrons. The Bertz CT molecular complexity index is 1000. The highest BCUT2D eigenvalue weighted by Gasteiger charge is 2.20. The molecule has 1 heterocycles. The number of esters is 1. The molecule has 0 atom stereocenters. The van der Waals surface area contributed by atoms with Crippen LogP contribution in [0.5, 0.6) is 11.5 Å². The van der Waals surface area contributed by atoms with E-state index in [1.807, 2.05) is 0 Å². The van der Waals surface area contributed by atoms with Crippen LogP contribution < -0.4 is 14.8 Å². The van der Waals surface area contributed by atoms with Gasteiger partial charge in [-0.05, 0) is 28.6 Å². The van der Waals surface area contributed by atoms with E-state index >= 15 is 0 Å². The van der Waals surface area contributed by atoms with Crippen LogP contribution in [0.25, 0.3) is 5.69 Å². The first kappa shape index (κ1) is 18.8. The van der Waals surface area contributed by atoms with Gasteiger partial charge in [-0.25, -0.2) is 9.48 Å². The molecule has 0 unspecified atom stereocenters. The van der Waals surface area contributed by atoms with E-state index < -0.39 is 11.9 Å². The molecule has 0 spiro atoms. The summed E-state index contributed by atoms with van der Waals surface area (Å²) >= 11 is 0. The highest BCUT2D eigenvalue weighted by atomic mass is 16.5. The minimum atomic E-state index is -0.626. The quantitative estimate of drug-likeness (QED) is 0.640. The van der Waals surface area contributed by atoms with E-state index in [0.29, 0.717) is 22.7 Å². The number of carbonyl (C=O) groups is 2. The van der Waals surface area contributed by atoms with E-state index in [9.17, 15) is 9.59 Å². The minimum Gasteiger partial charge on any atom is -0.493 e. The molecule has 2 aromatic carbocycles. The molecule has 28 heavy (non-hydrogen) atoms. The number of tetrazole rings is 1. The number of methoxy groups -OCH3 is 3. The predicted molar refractivity (Wildman–Crippen MR) is 98.0 cm³/mol. The maximum Gasteiger partial charge on any atom is 0.340 e. The van der Waals surface area contributed by atoms with Crippen molar-refractivity contribution in [2.75, 3.05) is 26.6 Å². The van der Waals surface area contributed by atoms with Crippen molar-refractivity contribution in [3.05, 3.63) is 53.9 Å². The Kier molecular flexibility index (Phi) is 5.49. The first-order valence-electron chi connectivity index (χ1n) is 8.06. The standard InChI is InChI=1S/C18H17N5O5/c1-26-15-8-13(18(25)28-3)14(9-16(15)27-2)20-17(24)11-5-4-6-12(7-11)23-10-19-21-22-23/h4-10H,1-3H3,(H,20,24). The fourth-order valence-electron chi connectivity index (χ4n) is 2.52. The summed E-state index contributed by atoms with van der Waals surface area (Å²) in [5.74, 6) is -0.375. The summed E-state index contributed by atoms with van der Waals surface area (Å²) in [5.41, 5.74) is 1.31. The number of aromatic nitrogens is 4. The second-order valence-electron chi connectivity index (χ2n) is 5.50. The Hall–Kier alpha value is -3.95. The van der Waals surface area contributed by atoms with Gasteiger partial charge in [0.2, 0.25) is 0 Å². The highest BCUT2D eigenvalue weighted by Crippen LogP contribution is 2.34. The summed E-state index contributed by atoms with van der Waals surface area (Å²) in [6.07, 6.45) is 1.42. The maximum atomic E-state index is 12.8. The smallest absolute Gasteiger partial charge is 0.340 e. The Labute approximate surface area is 160 Å². The number of ether oxygens (including phenoxy) is 3. The van der Waals surface area contributed by atoms with Crippen LogP contribution in [-0.2, 0) is 4.74 Å². The molecule has 0 bridgehead atoms. The zero-order valence-corrected chi connectivity index (χ0v) is 15.4. The van der Waals surface area contributed by atoms with Gasteiger partial charge in [-0.15, -0.1) is 5.10 Å². The van der Waals surface area contributed by atoms with Crippen molar-refractivity contribution in [3.8, 4) is 17.2 Å². The number of nitrogens with one attached hydrogen (secondary N) is 1. The molecule has 144 valence electrons. The summed E-state index contributed by atoms with van der Waals surface area (Å²) in [6, 6.07) is 9.63. The van der Waals surface area contributed by atoms with E-state index in [1.165, 1.54) is 44.5 Å². The van der Waals surface area contributed by atoms with Crippen molar-refractivity contribution in [2.24, 2.45) is 0 Å². The molecule has 0 fully saturated rings. The summed E-state index contributed by atoms with van der Waals surface area (Å²) in [6.45, 7) is 0. The van der Waals surface area contributed by atoms with Gasteiger partial charge in [-0.2, -0.15) is 0 Å². The lowest BCUT2D eigenvalue weighted by Crippen LogP contribution is -2.16. The number of rotatable bonds is 6. The number of nitrogens with zero attached hydrogens (tertiary/aromatic N) is 4. The van der Waals surface area contributed by atoms with Crippen LogP contribution in [-0.4, -0.2) is 53.4 Å². The van der Waals surface area contributed by atoms with E-state index in [2.05, 4.69) is 20.8 Å². The van der Waals surface area contributed by atoms with Crippen LogP contribution in [0.15, 0.2) is 42.7 Å². The second kappa shape index (κ2) is 8.16. The normalized spacial score (nSPS) is 10.2. The SMILES string of the molecule is COC(=O)c1cc(OC)c(OC)cc1NC(=O)c1cccc(-n2cnnn2)c1. The van der Waals surface area contributed by atoms with Gasteiger partial charge < -0.3 is 19.5 Å². The molecule has 3 rings (SSSR count). The zero-order chi connectivity index (χ0) is 20.1. The summed E-state index contributed by atoms with van der Waals surface area (Å²) in [7, 11) is 4.15. The molecule has 0 aliphatic rings. The van der Waals surface area contributed by atoms with Gasteiger partial charge in [0.25, 0.3) is 5.91 Å². The Morgan fingerprint density at radius 1 is 1.04 bits per heavy atom. The average Bonchev–Trinajstić information content (AvgIpc) is 3.27. The van der Waals surface area contributed by atoms with Crippen LogP contribution in [0.2, 0.25) is 0 Å². The molecule has 10 nitrogen and oxygen atoms in total. The Balaban J connectivity index is 1.95. The molecular formula is C18H17N5O5. The van der Waals surface area contributed by atoms with Gasteiger partial charge >= 0.3 is 5.97 Å². The van der Waals surface area contributed by atoms with Crippen molar-refractivity contribution >= 4 is 17.6 Å². The number of benzene rings is 2. The molecular weight excluding hydrogens is 366 g/mol. The number of hydrogen-bond donors (Lipinski definition) is 1. The molecule has 1 aromatic heterocycles. The first-order valence-corrected chi connectivity index (χ1v) is 8.06. The molecule has 0 aliphatic carbocycles. The first-order chi connectivity index (χ1) is 13.6. The van der Waals surface area contributed by atoms with Crippen molar-refractivity contribution in [1.82, 2.24) is 20.2 Å². The third-order valence-electron chi connectivity index (χ3n) is 3.90. The van der Waals surface area contributed by atoms with Gasteiger partial charge in [0.15, 0.2) is 11.5 Å². The number of amides is 1. The lowest BCUT2D eigenvalue weighted by molar-refractivity contribution is 0.0601. The van der Waals surface area contributed by atoms with Crippen LogP contribution in [0.1, 0.15) is 20.7 Å². The van der Waals surface area contributed by atoms with Gasteiger partial charge in [-0.3, -0.25) is 4.79 Å². The maximum absolute atomic E-state index is 12.8. The van der Waals surface area contributed by atoms with E-state index in [4.69, 9.17) is 14.2 Å². The Morgan fingerprint density at radius 3 is 2.43 bits per heavy atom. The second-order valence-corrected chi connectivity index (χ2v) is 5.50. The number of carbonyl (C=O) groups excluding carboxylic acids is 2. The monoisotopic (exact) mass is 383 g/mol. The van der Waals surface area contributed by atoms with Gasteiger partial charge in [0.05, 0.1) is 38.3 Å². The predicted octanol–water partition coefficient (Wildman–Crippen LogP) is 1.72. The molecule has 1 amide bonds. The van der Waals surface area contributed by atoms with Gasteiger partial charge in [0.1, 0.15) is 6.33 Å². The molecule has 0 aliphatic heterocycles. The molecule has 1 N–H and O–H groups in total. The fraction of sp³-hybridized carbons (Fsp3) is 0.167. The third-order valence-corrected chi connectivity index (χ3v) is 3.90. The lowest BCUT2D eigenvalue weighted by Gasteiger charge is -2.15. The summed E-state index contributed by atoms with van der Waals surface area (Å²) in [4.78, 5) is 24.9. The molecule has 0 saturated heterocycles. The van der Waals surface area contributed by atoms with E-state index in [0.717, 1.165) is 0 Å². The third kappa shape index (κ3) is 3.75. The average molecular weight is 383 g/mol. The van der Waals surface area contributed by atoms with Crippen molar-refractivity contribution in [2.45, 2.75) is 0 Å².